The van der Waals surface area contributed by atoms with Gasteiger partial charge in [-0.25, -0.2) is 0 Å². The lowest BCUT2D eigenvalue weighted by atomic mass is 9.44. The second kappa shape index (κ2) is 5.66. The smallest absolute Gasteiger partial charge is 0.155 e. The predicted molar refractivity (Wildman–Crippen MR) is 97.8 cm³/mol. The van der Waals surface area contributed by atoms with Gasteiger partial charge in [0.2, 0.25) is 0 Å². The number of allylic oxidation sites excluding steroid dienone is 1. The summed E-state index contributed by atoms with van der Waals surface area (Å²) >= 11 is 0. The molecule has 4 rings (SSSR count). The molecule has 3 saturated carbocycles. The molecule has 0 aromatic heterocycles. The van der Waals surface area contributed by atoms with Gasteiger partial charge in [-0.2, -0.15) is 0 Å². The van der Waals surface area contributed by atoms with Crippen LogP contribution in [-0.2, 0) is 4.79 Å². The SMILES string of the molecule is C[C@@H]1C[C@@H]2[C@H]([C@H](O)C[C@]3(C)[C@@H]([C@@H](C)O)CC[C@@H]23)[C@@]2(C)CCC(=O)C=C12. The first-order valence-electron chi connectivity index (χ1n) is 10.3. The highest BCUT2D eigenvalue weighted by Crippen LogP contribution is 2.67. The van der Waals surface area contributed by atoms with Crippen LogP contribution in [0.4, 0.5) is 0 Å². The zero-order chi connectivity index (χ0) is 18.1. The molecule has 0 heterocycles. The minimum Gasteiger partial charge on any atom is -0.393 e. The highest BCUT2D eigenvalue weighted by Gasteiger charge is 2.63. The molecule has 9 atom stereocenters. The van der Waals surface area contributed by atoms with E-state index in [9.17, 15) is 15.0 Å². The van der Waals surface area contributed by atoms with E-state index in [1.54, 1.807) is 0 Å². The molecule has 4 aliphatic rings. The number of aliphatic hydroxyl groups is 2. The lowest BCUT2D eigenvalue weighted by Gasteiger charge is -2.61. The van der Waals surface area contributed by atoms with Gasteiger partial charge >= 0.3 is 0 Å². The van der Waals surface area contributed by atoms with Crippen molar-refractivity contribution in [2.45, 2.75) is 78.4 Å². The normalized spacial score (nSPS) is 53.5. The van der Waals surface area contributed by atoms with Crippen LogP contribution in [0.15, 0.2) is 11.6 Å². The molecular formula is C22H34O3. The Hall–Kier alpha value is -0.670. The van der Waals surface area contributed by atoms with E-state index in [4.69, 9.17) is 0 Å². The Kier molecular flexibility index (Phi) is 4.01. The monoisotopic (exact) mass is 346 g/mol. The number of fused-ring (bicyclic) bond motifs is 5. The number of hydrogen-bond acceptors (Lipinski definition) is 3. The molecule has 0 bridgehead atoms. The molecule has 25 heavy (non-hydrogen) atoms. The van der Waals surface area contributed by atoms with Gasteiger partial charge in [-0.1, -0.05) is 26.3 Å². The Morgan fingerprint density at radius 3 is 2.68 bits per heavy atom. The van der Waals surface area contributed by atoms with Gasteiger partial charge in [0, 0.05) is 6.42 Å². The number of ketones is 1. The molecule has 4 aliphatic carbocycles. The first-order chi connectivity index (χ1) is 11.7. The fourth-order valence-electron chi connectivity index (χ4n) is 7.95. The van der Waals surface area contributed by atoms with E-state index in [0.29, 0.717) is 30.1 Å². The van der Waals surface area contributed by atoms with Crippen molar-refractivity contribution in [3.05, 3.63) is 11.6 Å². The zero-order valence-electron chi connectivity index (χ0n) is 16.2. The van der Waals surface area contributed by atoms with E-state index < -0.39 is 0 Å². The number of rotatable bonds is 1. The largest absolute Gasteiger partial charge is 0.393 e. The maximum absolute atomic E-state index is 12.0. The van der Waals surface area contributed by atoms with Crippen LogP contribution in [0.25, 0.3) is 0 Å². The molecule has 0 aromatic rings. The predicted octanol–water partition coefficient (Wildman–Crippen LogP) is 3.73. The number of aliphatic hydroxyl groups excluding tert-OH is 2. The Labute approximate surface area is 151 Å². The van der Waals surface area contributed by atoms with Gasteiger partial charge in [-0.05, 0) is 85.5 Å². The van der Waals surface area contributed by atoms with Crippen LogP contribution < -0.4 is 0 Å². The molecule has 0 spiro atoms. The third-order valence-electron chi connectivity index (χ3n) is 8.87. The van der Waals surface area contributed by atoms with Crippen LogP contribution in [0.3, 0.4) is 0 Å². The fourth-order valence-corrected chi connectivity index (χ4v) is 7.95. The molecule has 2 N–H and O–H groups in total. The average Bonchev–Trinajstić information content (AvgIpc) is 2.85. The number of hydrogen-bond donors (Lipinski definition) is 2. The van der Waals surface area contributed by atoms with Gasteiger partial charge in [-0.3, -0.25) is 4.79 Å². The van der Waals surface area contributed by atoms with E-state index >= 15 is 0 Å². The molecular weight excluding hydrogens is 312 g/mol. The molecule has 0 radical (unpaired) electrons. The zero-order valence-corrected chi connectivity index (χ0v) is 16.2. The van der Waals surface area contributed by atoms with Crippen LogP contribution in [0, 0.1) is 40.4 Å². The molecule has 3 heteroatoms. The van der Waals surface area contributed by atoms with Crippen LogP contribution >= 0.6 is 0 Å². The molecule has 140 valence electrons. The van der Waals surface area contributed by atoms with Gasteiger partial charge in [0.1, 0.15) is 0 Å². The van der Waals surface area contributed by atoms with Gasteiger partial charge in [0.25, 0.3) is 0 Å². The maximum atomic E-state index is 12.0. The minimum atomic E-state index is -0.320. The Bertz CT molecular complexity index is 608. The Balaban J connectivity index is 1.75. The maximum Gasteiger partial charge on any atom is 0.155 e. The van der Waals surface area contributed by atoms with Crippen molar-refractivity contribution < 1.29 is 15.0 Å². The second-order valence-corrected chi connectivity index (χ2v) is 10.1. The molecule has 3 nitrogen and oxygen atoms in total. The van der Waals surface area contributed by atoms with Crippen molar-refractivity contribution in [2.75, 3.05) is 0 Å². The first kappa shape index (κ1) is 17.7. The highest BCUT2D eigenvalue weighted by molar-refractivity contribution is 5.91. The lowest BCUT2D eigenvalue weighted by molar-refractivity contribution is -0.145. The summed E-state index contributed by atoms with van der Waals surface area (Å²) in [7, 11) is 0. The van der Waals surface area contributed by atoms with Crippen molar-refractivity contribution in [2.24, 2.45) is 40.4 Å². The van der Waals surface area contributed by atoms with Crippen molar-refractivity contribution in [1.29, 1.82) is 0 Å². The second-order valence-electron chi connectivity index (χ2n) is 10.1. The van der Waals surface area contributed by atoms with Gasteiger partial charge in [0.05, 0.1) is 12.2 Å². The van der Waals surface area contributed by atoms with Gasteiger partial charge < -0.3 is 10.2 Å². The van der Waals surface area contributed by atoms with E-state index in [0.717, 1.165) is 25.7 Å². The molecule has 0 aromatic carbocycles. The Morgan fingerprint density at radius 2 is 2.00 bits per heavy atom. The van der Waals surface area contributed by atoms with Crippen molar-refractivity contribution in [3.63, 3.8) is 0 Å². The molecule has 3 fully saturated rings. The van der Waals surface area contributed by atoms with Crippen LogP contribution in [0.2, 0.25) is 0 Å². The lowest BCUT2D eigenvalue weighted by Crippen LogP contribution is -2.58. The highest BCUT2D eigenvalue weighted by atomic mass is 16.3. The van der Waals surface area contributed by atoms with Crippen LogP contribution in [0.5, 0.6) is 0 Å². The minimum absolute atomic E-state index is 0.0279. The average molecular weight is 347 g/mol. The van der Waals surface area contributed by atoms with E-state index in [-0.39, 0.29) is 34.7 Å². The summed E-state index contributed by atoms with van der Waals surface area (Å²) in [6.07, 6.45) is 6.98. The molecule has 0 saturated heterocycles. The van der Waals surface area contributed by atoms with E-state index in [1.165, 1.54) is 12.0 Å². The summed E-state index contributed by atoms with van der Waals surface area (Å²) in [6, 6.07) is 0. The summed E-state index contributed by atoms with van der Waals surface area (Å²) in [5.74, 6) is 2.38. The molecule has 0 amide bonds. The quantitative estimate of drug-likeness (QED) is 0.760. The van der Waals surface area contributed by atoms with Crippen molar-refractivity contribution in [1.82, 2.24) is 0 Å². The van der Waals surface area contributed by atoms with Crippen LogP contribution in [0.1, 0.15) is 66.2 Å². The van der Waals surface area contributed by atoms with Crippen molar-refractivity contribution in [3.8, 4) is 0 Å². The third-order valence-corrected chi connectivity index (χ3v) is 8.87. The number of carbonyl (C=O) groups excluding carboxylic acids is 1. The topological polar surface area (TPSA) is 57.5 Å². The summed E-state index contributed by atoms with van der Waals surface area (Å²) in [6.45, 7) is 8.84. The summed E-state index contributed by atoms with van der Waals surface area (Å²) in [5, 5.41) is 21.6. The first-order valence-corrected chi connectivity index (χ1v) is 10.3. The standard InChI is InChI=1S/C22H34O3/c1-12-9-15-17-6-5-16(13(2)23)22(17,4)11-19(25)20(15)21(3)8-7-14(24)10-18(12)21/h10,12-13,15-17,19-20,23,25H,5-9,11H2,1-4H3/t12-,13-,15+,16-,17+,19-,20-,21+,22-/m1/s1. The molecule has 0 unspecified atom stereocenters. The van der Waals surface area contributed by atoms with E-state index in [1.807, 2.05) is 13.0 Å². The Morgan fingerprint density at radius 1 is 1.28 bits per heavy atom. The summed E-state index contributed by atoms with van der Waals surface area (Å²) in [4.78, 5) is 12.0. The van der Waals surface area contributed by atoms with Crippen molar-refractivity contribution >= 4 is 5.78 Å². The summed E-state index contributed by atoms with van der Waals surface area (Å²) < 4.78 is 0. The van der Waals surface area contributed by atoms with E-state index in [2.05, 4.69) is 20.8 Å². The number of carbonyl (C=O) groups is 1. The molecule has 0 aliphatic heterocycles. The summed E-state index contributed by atoms with van der Waals surface area (Å²) in [5.41, 5.74) is 1.33. The fraction of sp³-hybridized carbons (Fsp3) is 0.864. The van der Waals surface area contributed by atoms with Gasteiger partial charge in [0.15, 0.2) is 5.78 Å². The third kappa shape index (κ3) is 2.34. The van der Waals surface area contributed by atoms with Crippen LogP contribution in [-0.4, -0.2) is 28.2 Å². The van der Waals surface area contributed by atoms with Gasteiger partial charge in [-0.15, -0.1) is 0 Å².